The zero-order valence-corrected chi connectivity index (χ0v) is 12.2. The van der Waals surface area contributed by atoms with Gasteiger partial charge in [-0.2, -0.15) is 0 Å². The van der Waals surface area contributed by atoms with Crippen molar-refractivity contribution >= 4 is 17.5 Å². The van der Waals surface area contributed by atoms with E-state index in [1.807, 2.05) is 4.90 Å². The van der Waals surface area contributed by atoms with E-state index in [0.717, 1.165) is 18.8 Å². The maximum Gasteiger partial charge on any atom is 0.226 e. The fourth-order valence-electron chi connectivity index (χ4n) is 2.96. The predicted octanol–water partition coefficient (Wildman–Crippen LogP) is 2.67. The van der Waals surface area contributed by atoms with Gasteiger partial charge in [0.15, 0.2) is 0 Å². The summed E-state index contributed by atoms with van der Waals surface area (Å²) in [5.74, 6) is 1.82. The molecule has 1 saturated heterocycles. The summed E-state index contributed by atoms with van der Waals surface area (Å²) in [6, 6.07) is 0.191. The minimum atomic E-state index is 0.00864. The Bertz CT molecular complexity index is 290. The molecule has 2 atom stereocenters. The van der Waals surface area contributed by atoms with Crippen LogP contribution in [0.4, 0.5) is 0 Å². The molecule has 0 aromatic rings. The largest absolute Gasteiger partial charge is 0.373 e. The van der Waals surface area contributed by atoms with Gasteiger partial charge in [-0.05, 0) is 38.5 Å². The van der Waals surface area contributed by atoms with E-state index in [0.29, 0.717) is 24.9 Å². The minimum Gasteiger partial charge on any atom is -0.373 e. The average molecular weight is 274 g/mol. The number of nitrogens with zero attached hydrogens (tertiary/aromatic N) is 1. The molecule has 0 aromatic heterocycles. The maximum absolute atomic E-state index is 12.6. The molecular weight excluding hydrogens is 250 g/mol. The summed E-state index contributed by atoms with van der Waals surface area (Å²) in [6.45, 7) is 5.62. The molecule has 2 aliphatic rings. The minimum absolute atomic E-state index is 0.00864. The van der Waals surface area contributed by atoms with Gasteiger partial charge in [-0.3, -0.25) is 4.79 Å². The molecule has 2 unspecified atom stereocenters. The first-order valence-corrected chi connectivity index (χ1v) is 7.63. The first kappa shape index (κ1) is 14.1. The summed E-state index contributed by atoms with van der Waals surface area (Å²) in [7, 11) is 0. The van der Waals surface area contributed by atoms with E-state index < -0.39 is 0 Å². The van der Waals surface area contributed by atoms with Crippen LogP contribution in [-0.2, 0) is 9.53 Å². The second-order valence-corrected chi connectivity index (χ2v) is 6.21. The third kappa shape index (κ3) is 3.18. The number of halogens is 1. The standard InChI is InChI=1S/C14H24ClNO2/c1-10-3-5-12(6-4-10)14(17)16-8-13(7-15)18-9-11(16)2/h10-13H,3-9H2,1-2H3. The summed E-state index contributed by atoms with van der Waals surface area (Å²) in [5, 5.41) is 0. The Morgan fingerprint density at radius 3 is 2.56 bits per heavy atom. The number of morpholine rings is 1. The Hall–Kier alpha value is -0.280. The first-order valence-electron chi connectivity index (χ1n) is 7.09. The second-order valence-electron chi connectivity index (χ2n) is 5.91. The van der Waals surface area contributed by atoms with Crippen LogP contribution in [0.1, 0.15) is 39.5 Å². The molecule has 104 valence electrons. The number of alkyl halides is 1. The lowest BCUT2D eigenvalue weighted by atomic mass is 9.82. The highest BCUT2D eigenvalue weighted by Gasteiger charge is 2.34. The van der Waals surface area contributed by atoms with E-state index >= 15 is 0 Å². The van der Waals surface area contributed by atoms with Crippen molar-refractivity contribution in [2.24, 2.45) is 11.8 Å². The van der Waals surface area contributed by atoms with Crippen molar-refractivity contribution in [3.05, 3.63) is 0 Å². The Morgan fingerprint density at radius 2 is 1.94 bits per heavy atom. The topological polar surface area (TPSA) is 29.5 Å². The maximum atomic E-state index is 12.6. The first-order chi connectivity index (χ1) is 8.61. The van der Waals surface area contributed by atoms with Crippen LogP contribution in [0.15, 0.2) is 0 Å². The molecule has 1 heterocycles. The molecule has 18 heavy (non-hydrogen) atoms. The van der Waals surface area contributed by atoms with Gasteiger partial charge in [-0.25, -0.2) is 0 Å². The SMILES string of the molecule is CC1CCC(C(=O)N2CC(CCl)OCC2C)CC1. The molecule has 1 saturated carbocycles. The van der Waals surface area contributed by atoms with Gasteiger partial charge < -0.3 is 9.64 Å². The van der Waals surface area contributed by atoms with Crippen LogP contribution in [0.3, 0.4) is 0 Å². The van der Waals surface area contributed by atoms with Gasteiger partial charge >= 0.3 is 0 Å². The van der Waals surface area contributed by atoms with Gasteiger partial charge in [0.2, 0.25) is 5.91 Å². The van der Waals surface area contributed by atoms with Crippen molar-refractivity contribution in [3.63, 3.8) is 0 Å². The van der Waals surface area contributed by atoms with E-state index in [-0.39, 0.29) is 18.1 Å². The lowest BCUT2D eigenvalue weighted by Gasteiger charge is -2.40. The number of hydrogen-bond donors (Lipinski definition) is 0. The van der Waals surface area contributed by atoms with E-state index in [4.69, 9.17) is 16.3 Å². The second kappa shape index (κ2) is 6.25. The normalized spacial score (nSPS) is 37.6. The monoisotopic (exact) mass is 273 g/mol. The van der Waals surface area contributed by atoms with Crippen LogP contribution >= 0.6 is 11.6 Å². The molecule has 1 aliphatic heterocycles. The third-order valence-electron chi connectivity index (χ3n) is 4.33. The fraction of sp³-hybridized carbons (Fsp3) is 0.929. The number of carbonyl (C=O) groups excluding carboxylic acids is 1. The molecular formula is C14H24ClNO2. The van der Waals surface area contributed by atoms with Crippen LogP contribution in [0.25, 0.3) is 0 Å². The van der Waals surface area contributed by atoms with Gasteiger partial charge in [0, 0.05) is 12.5 Å². The molecule has 3 nitrogen and oxygen atoms in total. The molecule has 0 bridgehead atoms. The highest BCUT2D eigenvalue weighted by Crippen LogP contribution is 2.30. The van der Waals surface area contributed by atoms with E-state index in [1.165, 1.54) is 12.8 Å². The predicted molar refractivity (Wildman–Crippen MR) is 72.8 cm³/mol. The van der Waals surface area contributed by atoms with Gasteiger partial charge in [0.1, 0.15) is 0 Å². The number of amides is 1. The molecule has 2 rings (SSSR count). The number of carbonyl (C=O) groups is 1. The van der Waals surface area contributed by atoms with E-state index in [9.17, 15) is 4.79 Å². The van der Waals surface area contributed by atoms with Gasteiger partial charge in [0.05, 0.1) is 24.6 Å². The zero-order valence-electron chi connectivity index (χ0n) is 11.4. The molecule has 1 aliphatic carbocycles. The van der Waals surface area contributed by atoms with Crippen LogP contribution in [0.5, 0.6) is 0 Å². The summed E-state index contributed by atoms with van der Waals surface area (Å²) in [4.78, 5) is 14.6. The van der Waals surface area contributed by atoms with Crippen molar-refractivity contribution in [1.29, 1.82) is 0 Å². The Labute approximate surface area is 115 Å². The van der Waals surface area contributed by atoms with Crippen LogP contribution in [-0.4, -0.2) is 42.0 Å². The summed E-state index contributed by atoms with van der Waals surface area (Å²) >= 11 is 5.84. The number of ether oxygens (including phenoxy) is 1. The van der Waals surface area contributed by atoms with Gasteiger partial charge in [0.25, 0.3) is 0 Å². The van der Waals surface area contributed by atoms with Crippen LogP contribution in [0.2, 0.25) is 0 Å². The molecule has 0 N–H and O–H groups in total. The molecule has 0 radical (unpaired) electrons. The van der Waals surface area contributed by atoms with E-state index in [1.54, 1.807) is 0 Å². The molecule has 0 aromatic carbocycles. The number of rotatable bonds is 2. The quantitative estimate of drug-likeness (QED) is 0.724. The Kier molecular flexibility index (Phi) is 4.91. The van der Waals surface area contributed by atoms with Gasteiger partial charge in [-0.15, -0.1) is 11.6 Å². The Morgan fingerprint density at radius 1 is 1.28 bits per heavy atom. The van der Waals surface area contributed by atoms with Crippen LogP contribution < -0.4 is 0 Å². The van der Waals surface area contributed by atoms with Gasteiger partial charge in [-0.1, -0.05) is 6.92 Å². The lowest BCUT2D eigenvalue weighted by Crippen LogP contribution is -2.53. The Balaban J connectivity index is 1.94. The van der Waals surface area contributed by atoms with Crippen molar-refractivity contribution in [1.82, 2.24) is 4.90 Å². The molecule has 1 amide bonds. The summed E-state index contributed by atoms with van der Waals surface area (Å²) in [5.41, 5.74) is 0. The van der Waals surface area contributed by atoms with Crippen LogP contribution in [0, 0.1) is 11.8 Å². The van der Waals surface area contributed by atoms with Crippen molar-refractivity contribution in [2.75, 3.05) is 19.0 Å². The highest BCUT2D eigenvalue weighted by molar-refractivity contribution is 6.18. The summed E-state index contributed by atoms with van der Waals surface area (Å²) < 4.78 is 5.60. The molecule has 0 spiro atoms. The van der Waals surface area contributed by atoms with E-state index in [2.05, 4.69) is 13.8 Å². The average Bonchev–Trinajstić information content (AvgIpc) is 2.39. The van der Waals surface area contributed by atoms with Crippen molar-refractivity contribution in [2.45, 2.75) is 51.7 Å². The molecule has 2 fully saturated rings. The van der Waals surface area contributed by atoms with Crippen molar-refractivity contribution < 1.29 is 9.53 Å². The third-order valence-corrected chi connectivity index (χ3v) is 4.67. The zero-order chi connectivity index (χ0) is 13.1. The lowest BCUT2D eigenvalue weighted by molar-refractivity contribution is -0.148. The summed E-state index contributed by atoms with van der Waals surface area (Å²) in [6.07, 6.45) is 4.49. The molecule has 4 heteroatoms. The number of hydrogen-bond acceptors (Lipinski definition) is 2. The van der Waals surface area contributed by atoms with Crippen molar-refractivity contribution in [3.8, 4) is 0 Å². The smallest absolute Gasteiger partial charge is 0.226 e. The highest BCUT2D eigenvalue weighted by atomic mass is 35.5. The fourth-order valence-corrected chi connectivity index (χ4v) is 3.15.